The third-order valence-corrected chi connectivity index (χ3v) is 28.2. The van der Waals surface area contributed by atoms with Crippen LogP contribution < -0.4 is 189 Å². The van der Waals surface area contributed by atoms with Crippen molar-refractivity contribution >= 4 is 293 Å². The first-order valence-corrected chi connectivity index (χ1v) is 58.3. The molecule has 16 aromatic rings. The van der Waals surface area contributed by atoms with Crippen LogP contribution in [0.25, 0.3) is 5.13 Å². The summed E-state index contributed by atoms with van der Waals surface area (Å²) in [4.78, 5) is 66.8. The molecule has 2 saturated heterocycles. The largest absolute Gasteiger partial charge is 1.00 e. The fourth-order valence-electron chi connectivity index (χ4n) is 8.75. The van der Waals surface area contributed by atoms with Gasteiger partial charge in [-0.05, 0) is 195 Å². The molecular weight excluding hydrogens is 2620 g/mol. The molecule has 0 aliphatic carbocycles. The number of hydrogen-bond donors (Lipinski definition) is 5. The molecule has 3 aliphatic rings. The minimum Gasteiger partial charge on any atom is -1.00 e. The summed E-state index contributed by atoms with van der Waals surface area (Å²) < 4.78 is 18.7. The van der Waals surface area contributed by atoms with E-state index in [1.807, 2.05) is 134 Å². The van der Waals surface area contributed by atoms with Crippen LogP contribution in [0.15, 0.2) is 269 Å². The molecule has 55 heteroatoms. The number of likely N-dealkylation sites (tertiary alicyclic amines) is 1. The number of aliphatic hydroxyl groups excluding tert-OH is 1. The molecule has 0 spiro atoms. The van der Waals surface area contributed by atoms with E-state index in [1.54, 1.807) is 219 Å². The van der Waals surface area contributed by atoms with Crippen molar-refractivity contribution in [3.63, 3.8) is 0 Å². The number of allylic oxidation sites excluding steroid dienone is 1. The van der Waals surface area contributed by atoms with Crippen molar-refractivity contribution in [3.8, 4) is 15.5 Å². The Kier molecular flexibility index (Phi) is 143. The van der Waals surface area contributed by atoms with Crippen LogP contribution in [0.4, 0.5) is 15.4 Å². The summed E-state index contributed by atoms with van der Waals surface area (Å²) in [5, 5.41) is 54.2. The summed E-state index contributed by atoms with van der Waals surface area (Å²) in [5.74, 6) is 0. The normalized spacial score (nSPS) is 10.4. The quantitative estimate of drug-likeness (QED) is 0.0470. The second-order valence-electron chi connectivity index (χ2n) is 24.0. The van der Waals surface area contributed by atoms with E-state index in [9.17, 15) is 0 Å². The molecule has 17 heterocycles. The van der Waals surface area contributed by atoms with Gasteiger partial charge in [0.25, 0.3) is 10.4 Å². The first-order valence-electron chi connectivity index (χ1n) is 40.4. The molecule has 0 radical (unpaired) electrons. The topological polar surface area (TPSA) is 353 Å². The van der Waals surface area contributed by atoms with Gasteiger partial charge in [-0.25, -0.2) is 64.8 Å². The van der Waals surface area contributed by atoms with Crippen LogP contribution >= 0.6 is 272 Å². The van der Waals surface area contributed by atoms with Crippen molar-refractivity contribution in [3.05, 3.63) is 275 Å². The number of ether oxygens (including phenoxy) is 2. The molecule has 0 atom stereocenters. The summed E-state index contributed by atoms with van der Waals surface area (Å²) in [5.41, 5.74) is 14.1. The van der Waals surface area contributed by atoms with E-state index in [4.69, 9.17) is 25.4 Å². The van der Waals surface area contributed by atoms with Crippen LogP contribution in [0.3, 0.4) is 0 Å². The number of methoxy groups -OCH3 is 1. The van der Waals surface area contributed by atoms with Gasteiger partial charge in [0.1, 0.15) is 18.4 Å². The van der Waals surface area contributed by atoms with E-state index < -0.39 is 0 Å². The molecule has 0 unspecified atom stereocenters. The number of benzene rings is 2. The fourth-order valence-corrected chi connectivity index (χ4v) is 17.5. The number of likely N-dealkylation sites (N-methyl/N-ethyl adjacent to an activating group) is 1. The Morgan fingerprint density at radius 3 is 1.06 bits per heavy atom. The van der Waals surface area contributed by atoms with Gasteiger partial charge in [0.05, 0.1) is 7.11 Å². The molecule has 19 rings (SSSR count). The molecular formula is C90H141Br7N25Na5O4S14. The predicted molar refractivity (Wildman–Crippen MR) is 648 cm³/mol. The summed E-state index contributed by atoms with van der Waals surface area (Å²) in [6, 6.07) is 21.5. The maximum absolute atomic E-state index is 8.25. The Balaban J connectivity index is -0.0000000991. The first kappa shape index (κ1) is 167. The van der Waals surface area contributed by atoms with E-state index in [0.717, 1.165) is 139 Å². The molecule has 145 heavy (non-hydrogen) atoms. The number of nitrogens with two attached hydrogens (primary N) is 2. The van der Waals surface area contributed by atoms with Crippen LogP contribution in [-0.2, 0) is 13.1 Å². The monoisotopic (exact) mass is 2750 g/mol. The Hall–Kier alpha value is -0.390. The molecule has 2 fully saturated rings. The van der Waals surface area contributed by atoms with E-state index >= 15 is 0 Å². The molecule has 29 nitrogen and oxygen atoms in total. The smallest absolute Gasteiger partial charge is 1.00 e. The van der Waals surface area contributed by atoms with Crippen LogP contribution in [0.1, 0.15) is 107 Å². The van der Waals surface area contributed by atoms with Gasteiger partial charge in [0, 0.05) is 237 Å². The van der Waals surface area contributed by atoms with E-state index in [-0.39, 0.29) is 191 Å². The number of piperazine rings is 1. The maximum atomic E-state index is 8.25. The molecule has 0 amide bonds. The summed E-state index contributed by atoms with van der Waals surface area (Å²) >= 11 is 46.3. The number of halogens is 7. The Morgan fingerprint density at radius 2 is 0.821 bits per heavy atom. The van der Waals surface area contributed by atoms with Gasteiger partial charge in [0.15, 0.2) is 42.8 Å². The van der Waals surface area contributed by atoms with Gasteiger partial charge in [0.2, 0.25) is 5.13 Å². The van der Waals surface area contributed by atoms with Crippen molar-refractivity contribution in [1.29, 1.82) is 0 Å². The van der Waals surface area contributed by atoms with E-state index in [2.05, 4.69) is 309 Å². The number of imidazole rings is 1. The van der Waals surface area contributed by atoms with Crippen LogP contribution in [0.2, 0.25) is 0 Å². The molecule has 0 bridgehead atoms. The molecule has 6 N–H and O–H groups in total. The summed E-state index contributed by atoms with van der Waals surface area (Å²) in [6.45, 7) is 19.6. The summed E-state index contributed by atoms with van der Waals surface area (Å²) in [6.07, 6.45) is 40.1. The van der Waals surface area contributed by atoms with Gasteiger partial charge < -0.3 is 56.9 Å². The Bertz CT molecular complexity index is 4510. The van der Waals surface area contributed by atoms with Gasteiger partial charge in [-0.3, -0.25) is 19.4 Å². The van der Waals surface area contributed by atoms with Crippen molar-refractivity contribution in [2.24, 2.45) is 10.7 Å². The molecule has 0 saturated carbocycles. The fraction of sp³-hybridized carbons (Fsp3) is 0.378. The number of anilines is 3. The van der Waals surface area contributed by atoms with Gasteiger partial charge in [-0.15, -0.1) is 124 Å². The van der Waals surface area contributed by atoms with Crippen LogP contribution in [0, 0.1) is 0 Å². The second-order valence-corrected chi connectivity index (χ2v) is 44.4. The SMILES string of the molecule is Brc1nccs1.Brc1nccs1.Brc1nccs1.Brc1nccs1.Brc1nccs1.Brc1nccs1.Brc1nccs1.C.C.C.C.C.C1=CN=CC1.CCCO.CCN(CC)CCOc1nccs1.CN.CN(C)c1nccs1.CNC.COc1nccs1.CS.C[O-].Nc1nncs1.[H-].[H-].[H-].[H-].[Na+].[Na+].[Na+].[Na+].[Na+].c1ccc(CN2CCCCC2)cc1.c1ccc(CN2CCN(c3nccs3)CC2)cc1.c1cn(-c2nccs2)cn1. The molecule has 3 aliphatic heterocycles. The number of nitrogen functional groups attached to an aromatic ring is 1. The number of hydrogen-bond acceptors (Lipinski definition) is 42. The zero-order chi connectivity index (χ0) is 99.5. The molecule has 14 aromatic heterocycles. The number of thiazole rings is 12. The van der Waals surface area contributed by atoms with E-state index in [0.29, 0.717) is 11.7 Å². The van der Waals surface area contributed by atoms with Gasteiger partial charge in [-0.1, -0.05) is 165 Å². The first-order chi connectivity index (χ1) is 65.9. The standard InChI is InChI=1S/C14H17N3S.C12H17N.C9H16N2OS.C6H5N3S.C5H8N2S.C4H5NOS.C4H5N.7C3H2BrNS.C3H8O.C2H3N3S.C2H7N.CH5N.CH3O.CH4S.5CH4.5Na.4H/c1-2-4-13(5-3-1)12-16-7-9-17(10-8-16)14-15-6-11-18-14;1-3-7-12(8-4-1)11-13-9-5-2-6-10-13;1-3-11(4-2)6-7-12-9-10-5-8-13-9;1-3-9(5-7-1)6-8-2-4-10-6;1-7(2)5-6-3-4-8-5;1-6-4-5-2-3-7-4;1-2-4-5-3-1;7*4-3-5-1-2-6-3;1-2-3-4;3-2-5-4-1-6-2;1-3-2;3*1-2;;;;;;;;;;;;;;/h1-6,11H,7-10,12H2;1,3-4,7-8H,2,5-6,9-11H2;5,8H,3-4,6-7H2,1-2H3;1-5H;3-4H,1-2H3;2-3H,1H3;1,3-4H,2H2;7*1-2H;4H,2-3H2,1H3;1H,(H2,3,5);3H,1-2H3;2H2,1H3;1H3;2H,1H3;5*1H4;;;;;;;;;/q;;;;;;;;;;;;;;;;;;-1;;;;;;;5*+1;4*-1. The predicted octanol–water partition coefficient (Wildman–Crippen LogP) is 13.1. The zero-order valence-electron chi connectivity index (χ0n) is 85.5. The minimum atomic E-state index is 0. The number of nitrogens with zero attached hydrogens (tertiary/aromatic N) is 22. The van der Waals surface area contributed by atoms with Crippen LogP contribution in [-0.4, -0.2) is 233 Å². The number of aliphatic hydroxyl groups is 1. The Morgan fingerprint density at radius 1 is 0.469 bits per heavy atom. The number of piperidine rings is 1. The average molecular weight is 2760 g/mol. The molecule has 2 aromatic carbocycles. The average Bonchev–Trinajstić information content (AvgIpc) is 1.41. The van der Waals surface area contributed by atoms with Gasteiger partial charge in [-0.2, -0.15) is 19.7 Å². The third-order valence-electron chi connectivity index (χ3n) is 14.4. The number of nitrogens with one attached hydrogen (secondary N) is 1. The number of rotatable bonds is 15. The van der Waals surface area contributed by atoms with Crippen molar-refractivity contribution < 1.29 is 173 Å². The van der Waals surface area contributed by atoms with Crippen molar-refractivity contribution in [2.45, 2.75) is 103 Å². The molecule has 788 valence electrons. The number of aromatic nitrogens is 16. The second kappa shape index (κ2) is 124. The van der Waals surface area contributed by atoms with Gasteiger partial charge >= 0.3 is 148 Å². The van der Waals surface area contributed by atoms with Crippen molar-refractivity contribution in [1.82, 2.24) is 99.6 Å². The summed E-state index contributed by atoms with van der Waals surface area (Å²) in [7, 11) is 11.6. The minimum absolute atomic E-state index is 0. The third kappa shape index (κ3) is 100. The number of thiol groups is 1. The van der Waals surface area contributed by atoms with Crippen molar-refractivity contribution in [2.75, 3.05) is 143 Å². The van der Waals surface area contributed by atoms with Crippen LogP contribution in [0.5, 0.6) is 10.4 Å². The Labute approximate surface area is 1100 Å². The maximum Gasteiger partial charge on any atom is 1.00 e. The zero-order valence-corrected chi connectivity index (χ0v) is 114. The van der Waals surface area contributed by atoms with E-state index in [1.165, 1.54) is 84.5 Å². The number of aliphatic imine (C=N–C) groups is 1.